The highest BCUT2D eigenvalue weighted by Crippen LogP contribution is 2.33. The highest BCUT2D eigenvalue weighted by atomic mass is 19.1. The summed E-state index contributed by atoms with van der Waals surface area (Å²) < 4.78 is 37.3. The third kappa shape index (κ3) is 5.54. The predicted octanol–water partition coefficient (Wildman–Crippen LogP) is 3.17. The van der Waals surface area contributed by atoms with Gasteiger partial charge in [0.25, 0.3) is 5.91 Å². The number of carbonyl (C=O) groups excluding carboxylic acids is 1. The first-order chi connectivity index (χ1) is 13.7. The Bertz CT molecular complexity index is 705. The van der Waals surface area contributed by atoms with Gasteiger partial charge in [0.2, 0.25) is 5.88 Å². The van der Waals surface area contributed by atoms with Gasteiger partial charge in [0.15, 0.2) is 6.81 Å². The minimum Gasteiger partial charge on any atom is -0.476 e. The van der Waals surface area contributed by atoms with Crippen molar-refractivity contribution in [2.45, 2.75) is 45.6 Å². The number of anilines is 1. The van der Waals surface area contributed by atoms with Crippen LogP contribution in [-0.4, -0.2) is 50.0 Å². The minimum absolute atomic E-state index is 0.0734. The lowest BCUT2D eigenvalue weighted by molar-refractivity contribution is 0.0343. The molecular formula is C20H30FN3O3. The molecule has 1 unspecified atom stereocenters. The summed E-state index contributed by atoms with van der Waals surface area (Å²) in [5, 5.41) is 2.77. The molecule has 1 aromatic rings. The fraction of sp³-hybridized carbons (Fsp3) is 0.700. The summed E-state index contributed by atoms with van der Waals surface area (Å²) >= 11 is 0. The molecule has 1 amide bonds. The predicted molar refractivity (Wildman–Crippen MR) is 102 cm³/mol. The molecule has 1 aromatic heterocycles. The lowest BCUT2D eigenvalue weighted by atomic mass is 10.1. The van der Waals surface area contributed by atoms with Gasteiger partial charge in [-0.1, -0.05) is 13.8 Å². The first-order valence-electron chi connectivity index (χ1n) is 10.8. The van der Waals surface area contributed by atoms with Gasteiger partial charge in [0, 0.05) is 13.1 Å². The maximum absolute atomic E-state index is 13.0. The van der Waals surface area contributed by atoms with Crippen LogP contribution >= 0.6 is 0 Å². The van der Waals surface area contributed by atoms with E-state index in [2.05, 4.69) is 19.9 Å². The van der Waals surface area contributed by atoms with Crippen molar-refractivity contribution < 1.29 is 21.4 Å². The molecule has 27 heavy (non-hydrogen) atoms. The second kappa shape index (κ2) is 9.35. The van der Waals surface area contributed by atoms with Crippen molar-refractivity contribution in [3.63, 3.8) is 0 Å². The lowest BCUT2D eigenvalue weighted by Crippen LogP contribution is -2.42. The average Bonchev–Trinajstić information content (AvgIpc) is 3.33. The number of rotatable bonds is 10. The highest BCUT2D eigenvalue weighted by molar-refractivity contribution is 5.93. The molecule has 1 atom stereocenters. The topological polar surface area (TPSA) is 63.7 Å². The molecule has 2 heterocycles. The van der Waals surface area contributed by atoms with Gasteiger partial charge in [-0.05, 0) is 49.7 Å². The summed E-state index contributed by atoms with van der Waals surface area (Å²) in [4.78, 5) is 19.4. The molecule has 2 fully saturated rings. The van der Waals surface area contributed by atoms with Crippen molar-refractivity contribution >= 4 is 11.6 Å². The van der Waals surface area contributed by atoms with Gasteiger partial charge in [-0.15, -0.1) is 0 Å². The van der Waals surface area contributed by atoms with E-state index in [9.17, 15) is 9.18 Å². The molecule has 0 bridgehead atoms. The number of carbonyl (C=O) groups is 1. The zero-order valence-corrected chi connectivity index (χ0v) is 16.0. The van der Waals surface area contributed by atoms with Crippen LogP contribution in [0.1, 0.15) is 52.8 Å². The molecule has 0 spiro atoms. The largest absolute Gasteiger partial charge is 0.476 e. The van der Waals surface area contributed by atoms with E-state index in [1.807, 2.05) is 19.9 Å². The van der Waals surface area contributed by atoms with Crippen LogP contribution in [0, 0.1) is 11.8 Å². The molecule has 1 saturated carbocycles. The number of hydrogen-bond donors (Lipinski definition) is 1. The Balaban J connectivity index is 1.71. The highest BCUT2D eigenvalue weighted by Gasteiger charge is 2.25. The van der Waals surface area contributed by atoms with Crippen molar-refractivity contribution in [2.24, 2.45) is 11.8 Å². The molecule has 2 aliphatic rings. The van der Waals surface area contributed by atoms with E-state index in [1.165, 1.54) is 0 Å². The van der Waals surface area contributed by atoms with Crippen molar-refractivity contribution in [3.8, 4) is 5.88 Å². The SMILES string of the molecule is [2H]C([2H])(F)OCC(NC(=O)c1ccc(N2CCCC2)c(OCC2CC2)n1)C(C)C. The summed E-state index contributed by atoms with van der Waals surface area (Å²) in [5.41, 5.74) is 1.13. The van der Waals surface area contributed by atoms with Gasteiger partial charge < -0.3 is 19.7 Å². The Morgan fingerprint density at radius 1 is 1.41 bits per heavy atom. The summed E-state index contributed by atoms with van der Waals surface area (Å²) in [6, 6.07) is 2.99. The van der Waals surface area contributed by atoms with Gasteiger partial charge in [0.05, 0.1) is 27.7 Å². The number of ether oxygens (including phenoxy) is 2. The van der Waals surface area contributed by atoms with Crippen molar-refractivity contribution in [2.75, 3.05) is 38.0 Å². The van der Waals surface area contributed by atoms with E-state index >= 15 is 0 Å². The number of nitrogens with zero attached hydrogens (tertiary/aromatic N) is 2. The zero-order chi connectivity index (χ0) is 21.0. The molecule has 1 aliphatic heterocycles. The molecule has 7 heteroatoms. The van der Waals surface area contributed by atoms with Crippen molar-refractivity contribution in [1.29, 1.82) is 0 Å². The van der Waals surface area contributed by atoms with Gasteiger partial charge in [-0.2, -0.15) is 0 Å². The standard InChI is InChI=1S/C20H30FN3O3/c1-14(2)17(12-26-13-21)22-19(25)16-7-8-18(24-9-3-4-10-24)20(23-16)27-11-15-5-6-15/h7-8,14-15,17H,3-6,9-13H2,1-2H3,(H,22,25)/i13D2. The number of nitrogens with one attached hydrogen (secondary N) is 1. The molecule has 0 aromatic carbocycles. The Kier molecular flexibility index (Phi) is 5.96. The zero-order valence-electron chi connectivity index (χ0n) is 18.0. The Labute approximate surface area is 163 Å². The normalized spacial score (nSPS) is 19.6. The van der Waals surface area contributed by atoms with Crippen molar-refractivity contribution in [3.05, 3.63) is 17.8 Å². The van der Waals surface area contributed by atoms with Gasteiger partial charge >= 0.3 is 0 Å². The Morgan fingerprint density at radius 3 is 2.78 bits per heavy atom. The molecule has 150 valence electrons. The number of alkyl halides is 1. The van der Waals surface area contributed by atoms with E-state index in [0.29, 0.717) is 18.4 Å². The Morgan fingerprint density at radius 2 is 2.15 bits per heavy atom. The summed E-state index contributed by atoms with van der Waals surface area (Å²) in [7, 11) is 0. The van der Waals surface area contributed by atoms with Gasteiger partial charge in [-0.25, -0.2) is 9.37 Å². The first-order valence-corrected chi connectivity index (χ1v) is 9.75. The maximum Gasteiger partial charge on any atom is 0.270 e. The van der Waals surface area contributed by atoms with E-state index < -0.39 is 18.8 Å². The van der Waals surface area contributed by atoms with E-state index in [1.54, 1.807) is 6.07 Å². The maximum atomic E-state index is 13.0. The second-order valence-corrected chi connectivity index (χ2v) is 7.68. The first kappa shape index (κ1) is 17.2. The van der Waals surface area contributed by atoms with Crippen LogP contribution in [0.3, 0.4) is 0 Å². The van der Waals surface area contributed by atoms with Crippen LogP contribution in [0.5, 0.6) is 5.88 Å². The van der Waals surface area contributed by atoms with Crippen LogP contribution in [0.4, 0.5) is 10.1 Å². The van der Waals surface area contributed by atoms with Crippen LogP contribution in [0.15, 0.2) is 12.1 Å². The third-order valence-corrected chi connectivity index (χ3v) is 5.11. The summed E-state index contributed by atoms with van der Waals surface area (Å²) in [6.07, 6.45) is 4.58. The molecule has 6 nitrogen and oxygen atoms in total. The van der Waals surface area contributed by atoms with Gasteiger partial charge in [-0.3, -0.25) is 4.79 Å². The van der Waals surface area contributed by atoms with E-state index in [4.69, 9.17) is 7.48 Å². The van der Waals surface area contributed by atoms with E-state index in [-0.39, 0.29) is 18.2 Å². The molecular weight excluding hydrogens is 349 g/mol. The smallest absolute Gasteiger partial charge is 0.270 e. The number of aromatic nitrogens is 1. The quantitative estimate of drug-likeness (QED) is 0.674. The monoisotopic (exact) mass is 381 g/mol. The molecule has 1 N–H and O–H groups in total. The molecule has 3 rings (SSSR count). The van der Waals surface area contributed by atoms with Crippen LogP contribution < -0.4 is 15.0 Å². The second-order valence-electron chi connectivity index (χ2n) is 7.68. The van der Waals surface area contributed by atoms with Crippen molar-refractivity contribution in [1.82, 2.24) is 10.3 Å². The van der Waals surface area contributed by atoms with Crippen LogP contribution in [0.2, 0.25) is 0 Å². The molecule has 0 radical (unpaired) electrons. The van der Waals surface area contributed by atoms with Crippen LogP contribution in [-0.2, 0) is 4.74 Å². The molecule has 1 aliphatic carbocycles. The third-order valence-electron chi connectivity index (χ3n) is 5.11. The number of hydrogen-bond acceptors (Lipinski definition) is 5. The minimum atomic E-state index is -3.24. The van der Waals surface area contributed by atoms with Crippen LogP contribution in [0.25, 0.3) is 0 Å². The summed E-state index contributed by atoms with van der Waals surface area (Å²) in [6.45, 7) is 2.68. The number of pyridine rings is 1. The number of halogens is 1. The summed E-state index contributed by atoms with van der Waals surface area (Å²) in [5.74, 6) is 0.550. The fourth-order valence-electron chi connectivity index (χ4n) is 3.11. The Hall–Kier alpha value is -1.89. The number of amides is 1. The average molecular weight is 381 g/mol. The fourth-order valence-corrected chi connectivity index (χ4v) is 3.11. The lowest BCUT2D eigenvalue weighted by Gasteiger charge is -2.23. The van der Waals surface area contributed by atoms with E-state index in [0.717, 1.165) is 44.5 Å². The molecule has 1 saturated heterocycles. The van der Waals surface area contributed by atoms with Gasteiger partial charge in [0.1, 0.15) is 5.69 Å².